The largest absolute Gasteiger partial charge is 0.383 e. The Morgan fingerprint density at radius 2 is 2.39 bits per heavy atom. The molecule has 1 atom stereocenters. The van der Waals surface area contributed by atoms with Gasteiger partial charge in [0, 0.05) is 24.8 Å². The van der Waals surface area contributed by atoms with Crippen LogP contribution < -0.4 is 5.32 Å². The predicted octanol–water partition coefficient (Wildman–Crippen LogP) is 1.49. The van der Waals surface area contributed by atoms with Crippen LogP contribution in [0.3, 0.4) is 0 Å². The molecule has 0 aliphatic heterocycles. The number of anilines is 1. The molecule has 1 N–H and O–H groups in total. The van der Waals surface area contributed by atoms with E-state index >= 15 is 0 Å². The molecule has 0 aliphatic rings. The lowest BCUT2D eigenvalue weighted by Gasteiger charge is -2.18. The number of aromatic nitrogens is 4. The molecule has 0 saturated heterocycles. The molecule has 6 nitrogen and oxygen atoms in total. The Bertz CT molecular complexity index is 509. The lowest BCUT2D eigenvalue weighted by molar-refractivity contribution is 0.184. The van der Waals surface area contributed by atoms with Crippen LogP contribution in [0.25, 0.3) is 5.78 Å². The number of aryl methyl sites for hydroxylation is 1. The van der Waals surface area contributed by atoms with Crippen LogP contribution in [0.5, 0.6) is 0 Å². The topological polar surface area (TPSA) is 64.3 Å². The highest BCUT2D eigenvalue weighted by molar-refractivity contribution is 6.17. The summed E-state index contributed by atoms with van der Waals surface area (Å²) in [5.41, 5.74) is 0.889. The van der Waals surface area contributed by atoms with Crippen LogP contribution >= 0.6 is 11.6 Å². The lowest BCUT2D eigenvalue weighted by Crippen LogP contribution is -2.27. The molecule has 0 amide bonds. The highest BCUT2D eigenvalue weighted by Crippen LogP contribution is 2.13. The van der Waals surface area contributed by atoms with E-state index in [0.717, 1.165) is 17.9 Å². The highest BCUT2D eigenvalue weighted by Gasteiger charge is 2.11. The Balaban J connectivity index is 2.26. The van der Waals surface area contributed by atoms with Crippen LogP contribution in [0, 0.1) is 6.92 Å². The number of methoxy groups -OCH3 is 1. The second-order valence-corrected chi connectivity index (χ2v) is 4.41. The van der Waals surface area contributed by atoms with Gasteiger partial charge in [-0.3, -0.25) is 0 Å². The van der Waals surface area contributed by atoms with E-state index in [1.807, 2.05) is 13.0 Å². The first-order valence-electron chi connectivity index (χ1n) is 5.73. The van der Waals surface area contributed by atoms with Gasteiger partial charge in [-0.1, -0.05) is 0 Å². The van der Waals surface area contributed by atoms with Crippen molar-refractivity contribution in [3.05, 3.63) is 18.1 Å². The van der Waals surface area contributed by atoms with Crippen molar-refractivity contribution in [2.24, 2.45) is 0 Å². The quantitative estimate of drug-likeness (QED) is 0.805. The molecule has 1 unspecified atom stereocenters. The molecule has 2 rings (SSSR count). The van der Waals surface area contributed by atoms with E-state index < -0.39 is 0 Å². The van der Waals surface area contributed by atoms with Crippen molar-refractivity contribution in [3.8, 4) is 0 Å². The summed E-state index contributed by atoms with van der Waals surface area (Å²) in [6.45, 7) is 2.51. The third-order valence-electron chi connectivity index (χ3n) is 2.56. The first-order chi connectivity index (χ1) is 8.74. The van der Waals surface area contributed by atoms with E-state index in [-0.39, 0.29) is 6.04 Å². The van der Waals surface area contributed by atoms with Crippen molar-refractivity contribution in [3.63, 3.8) is 0 Å². The average molecular weight is 270 g/mol. The third-order valence-corrected chi connectivity index (χ3v) is 2.78. The van der Waals surface area contributed by atoms with Gasteiger partial charge in [0.15, 0.2) is 0 Å². The van der Waals surface area contributed by atoms with Crippen LogP contribution in [0.4, 0.5) is 5.82 Å². The normalized spacial score (nSPS) is 12.8. The number of fused-ring (bicyclic) bond motifs is 1. The van der Waals surface area contributed by atoms with Crippen LogP contribution in [0.15, 0.2) is 12.4 Å². The van der Waals surface area contributed by atoms with Gasteiger partial charge in [0.05, 0.1) is 12.6 Å². The van der Waals surface area contributed by atoms with Crippen LogP contribution in [0.2, 0.25) is 0 Å². The number of nitrogens with zero attached hydrogens (tertiary/aromatic N) is 4. The van der Waals surface area contributed by atoms with Gasteiger partial charge in [-0.25, -0.2) is 4.98 Å². The van der Waals surface area contributed by atoms with Crippen LogP contribution in [0.1, 0.15) is 12.1 Å². The fraction of sp³-hybridized carbons (Fsp3) is 0.545. The summed E-state index contributed by atoms with van der Waals surface area (Å²) in [5, 5.41) is 7.50. The maximum Gasteiger partial charge on any atom is 0.254 e. The van der Waals surface area contributed by atoms with Crippen LogP contribution in [-0.4, -0.2) is 45.2 Å². The van der Waals surface area contributed by atoms with Gasteiger partial charge in [0.2, 0.25) is 0 Å². The first kappa shape index (κ1) is 13.0. The molecule has 0 aliphatic carbocycles. The predicted molar refractivity (Wildman–Crippen MR) is 70.1 cm³/mol. The smallest absolute Gasteiger partial charge is 0.254 e. The Morgan fingerprint density at radius 1 is 1.56 bits per heavy atom. The fourth-order valence-electron chi connectivity index (χ4n) is 1.77. The summed E-state index contributed by atoms with van der Waals surface area (Å²) in [7, 11) is 1.67. The molecular weight excluding hydrogens is 254 g/mol. The van der Waals surface area contributed by atoms with Gasteiger partial charge >= 0.3 is 0 Å². The number of alkyl halides is 1. The Kier molecular flexibility index (Phi) is 4.33. The molecule has 7 heteroatoms. The molecule has 0 saturated carbocycles. The van der Waals surface area contributed by atoms with Crippen molar-refractivity contribution in [1.29, 1.82) is 0 Å². The van der Waals surface area contributed by atoms with Crippen molar-refractivity contribution in [1.82, 2.24) is 19.6 Å². The van der Waals surface area contributed by atoms with Crippen molar-refractivity contribution < 1.29 is 4.74 Å². The number of halogens is 1. The Morgan fingerprint density at radius 3 is 3.11 bits per heavy atom. The SMILES string of the molecule is COCC(CCCl)Nc1cc(C)nc2ncnn12. The zero-order valence-electron chi connectivity index (χ0n) is 10.4. The van der Waals surface area contributed by atoms with Crippen molar-refractivity contribution in [2.75, 3.05) is 24.9 Å². The fourth-order valence-corrected chi connectivity index (χ4v) is 2.04. The highest BCUT2D eigenvalue weighted by atomic mass is 35.5. The van der Waals surface area contributed by atoms with Gasteiger partial charge in [-0.05, 0) is 13.3 Å². The lowest BCUT2D eigenvalue weighted by atomic mass is 10.2. The van der Waals surface area contributed by atoms with E-state index in [2.05, 4.69) is 20.4 Å². The number of hydrogen-bond acceptors (Lipinski definition) is 5. The van der Waals surface area contributed by atoms with Gasteiger partial charge < -0.3 is 10.1 Å². The summed E-state index contributed by atoms with van der Waals surface area (Å²) >= 11 is 5.78. The molecule has 0 fully saturated rings. The van der Waals surface area contributed by atoms with E-state index in [1.165, 1.54) is 6.33 Å². The minimum atomic E-state index is 0.140. The number of nitrogens with one attached hydrogen (secondary N) is 1. The van der Waals surface area contributed by atoms with Crippen molar-refractivity contribution in [2.45, 2.75) is 19.4 Å². The second-order valence-electron chi connectivity index (χ2n) is 4.03. The molecule has 2 aromatic rings. The van der Waals surface area contributed by atoms with Gasteiger partial charge in [-0.15, -0.1) is 11.6 Å². The van der Waals surface area contributed by atoms with E-state index in [1.54, 1.807) is 11.6 Å². The molecule has 0 bridgehead atoms. The molecule has 0 spiro atoms. The zero-order valence-corrected chi connectivity index (χ0v) is 11.2. The second kappa shape index (κ2) is 5.97. The summed E-state index contributed by atoms with van der Waals surface area (Å²) in [4.78, 5) is 8.37. The zero-order chi connectivity index (χ0) is 13.0. The number of hydrogen-bond donors (Lipinski definition) is 1. The molecule has 2 heterocycles. The maximum absolute atomic E-state index is 5.78. The van der Waals surface area contributed by atoms with Gasteiger partial charge in [0.25, 0.3) is 5.78 Å². The van der Waals surface area contributed by atoms with E-state index in [0.29, 0.717) is 18.3 Å². The van der Waals surface area contributed by atoms with E-state index in [9.17, 15) is 0 Å². The molecule has 0 radical (unpaired) electrons. The Labute approximate surface area is 110 Å². The molecule has 0 aromatic carbocycles. The average Bonchev–Trinajstić information content (AvgIpc) is 2.77. The summed E-state index contributed by atoms with van der Waals surface area (Å²) in [6, 6.07) is 2.07. The van der Waals surface area contributed by atoms with E-state index in [4.69, 9.17) is 16.3 Å². The van der Waals surface area contributed by atoms with Gasteiger partial charge in [-0.2, -0.15) is 14.6 Å². The Hall–Kier alpha value is -1.40. The first-order valence-corrected chi connectivity index (χ1v) is 6.27. The summed E-state index contributed by atoms with van der Waals surface area (Å²) in [6.07, 6.45) is 2.30. The van der Waals surface area contributed by atoms with Crippen molar-refractivity contribution >= 4 is 23.2 Å². The third kappa shape index (κ3) is 2.88. The molecule has 18 heavy (non-hydrogen) atoms. The molecule has 98 valence electrons. The minimum absolute atomic E-state index is 0.140. The molecule has 2 aromatic heterocycles. The standard InChI is InChI=1S/C11H16ClN5O/c1-8-5-10(16-9(3-4-12)6-18-2)17-11(15-8)13-7-14-17/h5,7,9,16H,3-4,6H2,1-2H3. The summed E-state index contributed by atoms with van der Waals surface area (Å²) < 4.78 is 6.84. The number of rotatable bonds is 6. The molecular formula is C11H16ClN5O. The number of ether oxygens (including phenoxy) is 1. The van der Waals surface area contributed by atoms with Gasteiger partial charge in [0.1, 0.15) is 12.1 Å². The minimum Gasteiger partial charge on any atom is -0.383 e. The van der Waals surface area contributed by atoms with Crippen LogP contribution in [-0.2, 0) is 4.74 Å². The monoisotopic (exact) mass is 269 g/mol. The summed E-state index contributed by atoms with van der Waals surface area (Å²) in [5.74, 6) is 2.01. The maximum atomic E-state index is 5.78.